The van der Waals surface area contributed by atoms with E-state index in [0.29, 0.717) is 0 Å². The Morgan fingerprint density at radius 1 is 1.23 bits per heavy atom. The Bertz CT molecular complexity index is 442. The third kappa shape index (κ3) is 1.40. The van der Waals surface area contributed by atoms with Gasteiger partial charge in [0.1, 0.15) is 5.75 Å². The maximum atomic E-state index is 5.22. The molecule has 0 fully saturated rings. The van der Waals surface area contributed by atoms with Crippen LogP contribution in [-0.2, 0) is 0 Å². The van der Waals surface area contributed by atoms with Gasteiger partial charge in [-0.3, -0.25) is 4.98 Å². The molecule has 0 aliphatic carbocycles. The van der Waals surface area contributed by atoms with Crippen LogP contribution in [0, 0.1) is 0 Å². The van der Waals surface area contributed by atoms with Crippen molar-refractivity contribution in [3.8, 4) is 5.75 Å². The summed E-state index contributed by atoms with van der Waals surface area (Å²) in [6.07, 6.45) is 3.58. The summed E-state index contributed by atoms with van der Waals surface area (Å²) in [5.41, 5.74) is 0. The van der Waals surface area contributed by atoms with Crippen molar-refractivity contribution in [1.29, 1.82) is 0 Å². The molecule has 1 aromatic carbocycles. The maximum Gasteiger partial charge on any atom is 0.128 e. The molecule has 3 heteroatoms. The van der Waals surface area contributed by atoms with Crippen molar-refractivity contribution in [2.75, 3.05) is 7.11 Å². The van der Waals surface area contributed by atoms with Crippen molar-refractivity contribution in [2.24, 2.45) is 0 Å². The highest BCUT2D eigenvalue weighted by molar-refractivity contribution is 9.10. The number of benzene rings is 1. The van der Waals surface area contributed by atoms with Gasteiger partial charge in [-0.1, -0.05) is 12.1 Å². The second-order valence-electron chi connectivity index (χ2n) is 2.68. The second kappa shape index (κ2) is 3.34. The second-order valence-corrected chi connectivity index (χ2v) is 3.53. The lowest BCUT2D eigenvalue weighted by molar-refractivity contribution is 0.419. The minimum absolute atomic E-state index is 0.853. The highest BCUT2D eigenvalue weighted by atomic mass is 79.9. The molecule has 0 spiro atoms. The molecule has 0 bridgehead atoms. The first-order valence-electron chi connectivity index (χ1n) is 3.89. The van der Waals surface area contributed by atoms with Gasteiger partial charge < -0.3 is 4.74 Å². The molecule has 0 saturated heterocycles. The van der Waals surface area contributed by atoms with Gasteiger partial charge in [-0.05, 0) is 22.0 Å². The number of hydrogen-bond acceptors (Lipinski definition) is 2. The van der Waals surface area contributed by atoms with E-state index in [1.54, 1.807) is 19.5 Å². The van der Waals surface area contributed by atoms with E-state index in [0.717, 1.165) is 21.0 Å². The van der Waals surface area contributed by atoms with Gasteiger partial charge in [0.2, 0.25) is 0 Å². The Hall–Kier alpha value is -1.09. The zero-order valence-electron chi connectivity index (χ0n) is 7.12. The monoisotopic (exact) mass is 237 g/mol. The first-order chi connectivity index (χ1) is 6.33. The first-order valence-corrected chi connectivity index (χ1v) is 4.68. The van der Waals surface area contributed by atoms with Crippen molar-refractivity contribution >= 4 is 26.7 Å². The molecule has 13 heavy (non-hydrogen) atoms. The van der Waals surface area contributed by atoms with Crippen molar-refractivity contribution in [1.82, 2.24) is 4.98 Å². The van der Waals surface area contributed by atoms with Crippen LogP contribution >= 0.6 is 15.9 Å². The van der Waals surface area contributed by atoms with Gasteiger partial charge in [0, 0.05) is 27.6 Å². The molecule has 0 radical (unpaired) electrons. The minimum Gasteiger partial charge on any atom is -0.496 e. The fourth-order valence-corrected chi connectivity index (χ4v) is 1.77. The number of pyridine rings is 1. The lowest BCUT2D eigenvalue weighted by atomic mass is 10.2. The van der Waals surface area contributed by atoms with Crippen LogP contribution in [0.25, 0.3) is 10.8 Å². The number of rotatable bonds is 1. The number of nitrogens with zero attached hydrogens (tertiary/aromatic N) is 1. The summed E-state index contributed by atoms with van der Waals surface area (Å²) in [5, 5.41) is 2.15. The summed E-state index contributed by atoms with van der Waals surface area (Å²) in [6.45, 7) is 0. The fourth-order valence-electron chi connectivity index (χ4n) is 1.31. The van der Waals surface area contributed by atoms with Crippen molar-refractivity contribution in [3.05, 3.63) is 35.1 Å². The van der Waals surface area contributed by atoms with E-state index < -0.39 is 0 Å². The molecule has 1 heterocycles. The predicted octanol–water partition coefficient (Wildman–Crippen LogP) is 3.01. The van der Waals surface area contributed by atoms with E-state index in [1.165, 1.54) is 0 Å². The third-order valence-corrected chi connectivity index (χ3v) is 2.57. The van der Waals surface area contributed by atoms with E-state index in [4.69, 9.17) is 4.74 Å². The zero-order chi connectivity index (χ0) is 9.26. The van der Waals surface area contributed by atoms with Gasteiger partial charge in [-0.15, -0.1) is 0 Å². The van der Waals surface area contributed by atoms with Crippen molar-refractivity contribution < 1.29 is 4.74 Å². The normalized spacial score (nSPS) is 10.3. The molecule has 2 nitrogen and oxygen atoms in total. The molecule has 0 aliphatic heterocycles. The highest BCUT2D eigenvalue weighted by Gasteiger charge is 2.02. The minimum atomic E-state index is 0.853. The lowest BCUT2D eigenvalue weighted by Gasteiger charge is -2.04. The number of aromatic nitrogens is 1. The number of hydrogen-bond donors (Lipinski definition) is 0. The molecule has 1 aromatic heterocycles. The number of methoxy groups -OCH3 is 1. The molecule has 0 amide bonds. The molecule has 0 atom stereocenters. The summed E-state index contributed by atoms with van der Waals surface area (Å²) >= 11 is 3.44. The predicted molar refractivity (Wildman–Crippen MR) is 56.0 cm³/mol. The molecule has 0 aliphatic rings. The number of ether oxygens (including phenoxy) is 1. The van der Waals surface area contributed by atoms with Gasteiger partial charge in [-0.25, -0.2) is 0 Å². The van der Waals surface area contributed by atoms with Gasteiger partial charge >= 0.3 is 0 Å². The molecule has 66 valence electrons. The molecule has 2 aromatic rings. The number of fused-ring (bicyclic) bond motifs is 1. The van der Waals surface area contributed by atoms with Gasteiger partial charge in [0.05, 0.1) is 7.11 Å². The molecule has 0 N–H and O–H groups in total. The Morgan fingerprint density at radius 2 is 2.08 bits per heavy atom. The van der Waals surface area contributed by atoms with Crippen LogP contribution in [0.15, 0.2) is 35.1 Å². The standard InChI is InChI=1S/C10H8BrNO/c1-13-10-4-2-3-7-8(10)5-12-6-9(7)11/h2-6H,1H3. The van der Waals surface area contributed by atoms with Crippen LogP contribution in [0.1, 0.15) is 0 Å². The highest BCUT2D eigenvalue weighted by Crippen LogP contribution is 2.29. The summed E-state index contributed by atoms with van der Waals surface area (Å²) in [6, 6.07) is 5.92. The van der Waals surface area contributed by atoms with Crippen LogP contribution in [0.5, 0.6) is 5.75 Å². The van der Waals surface area contributed by atoms with Crippen LogP contribution in [0.4, 0.5) is 0 Å². The SMILES string of the molecule is COc1cccc2c(Br)cncc12. The average Bonchev–Trinajstić information content (AvgIpc) is 2.18. The summed E-state index contributed by atoms with van der Waals surface area (Å²) in [4.78, 5) is 4.09. The molecular formula is C10H8BrNO. The Labute approximate surface area is 84.7 Å². The van der Waals surface area contributed by atoms with E-state index >= 15 is 0 Å². The van der Waals surface area contributed by atoms with Crippen molar-refractivity contribution in [3.63, 3.8) is 0 Å². The summed E-state index contributed by atoms with van der Waals surface area (Å²) < 4.78 is 6.21. The summed E-state index contributed by atoms with van der Waals surface area (Å²) in [7, 11) is 1.66. The lowest BCUT2D eigenvalue weighted by Crippen LogP contribution is -1.85. The molecular weight excluding hydrogens is 230 g/mol. The maximum absolute atomic E-state index is 5.22. The Balaban J connectivity index is 2.84. The Kier molecular flexibility index (Phi) is 2.19. The quantitative estimate of drug-likeness (QED) is 0.761. The van der Waals surface area contributed by atoms with Crippen LogP contribution in [0.2, 0.25) is 0 Å². The van der Waals surface area contributed by atoms with Crippen molar-refractivity contribution in [2.45, 2.75) is 0 Å². The van der Waals surface area contributed by atoms with Gasteiger partial charge in [0.25, 0.3) is 0 Å². The fraction of sp³-hybridized carbons (Fsp3) is 0.100. The smallest absolute Gasteiger partial charge is 0.128 e. The third-order valence-electron chi connectivity index (χ3n) is 1.93. The number of halogens is 1. The Morgan fingerprint density at radius 3 is 2.85 bits per heavy atom. The van der Waals surface area contributed by atoms with Crippen LogP contribution in [0.3, 0.4) is 0 Å². The van der Waals surface area contributed by atoms with Crippen LogP contribution < -0.4 is 4.74 Å². The van der Waals surface area contributed by atoms with E-state index in [2.05, 4.69) is 20.9 Å². The van der Waals surface area contributed by atoms with E-state index in [1.807, 2.05) is 18.2 Å². The van der Waals surface area contributed by atoms with Gasteiger partial charge in [-0.2, -0.15) is 0 Å². The molecule has 0 saturated carbocycles. The van der Waals surface area contributed by atoms with Crippen LogP contribution in [-0.4, -0.2) is 12.1 Å². The largest absolute Gasteiger partial charge is 0.496 e. The molecule has 2 rings (SSSR count). The average molecular weight is 238 g/mol. The zero-order valence-corrected chi connectivity index (χ0v) is 8.71. The summed E-state index contributed by atoms with van der Waals surface area (Å²) in [5.74, 6) is 0.853. The van der Waals surface area contributed by atoms with Gasteiger partial charge in [0.15, 0.2) is 0 Å². The van der Waals surface area contributed by atoms with E-state index in [9.17, 15) is 0 Å². The first kappa shape index (κ1) is 8.51. The van der Waals surface area contributed by atoms with E-state index in [-0.39, 0.29) is 0 Å². The topological polar surface area (TPSA) is 22.1 Å². The molecule has 0 unspecified atom stereocenters.